The fraction of sp³-hybridized carbons (Fsp3) is 0.657. The zero-order valence-corrected chi connectivity index (χ0v) is 27.8. The van der Waals surface area contributed by atoms with Crippen LogP contribution in [-0.4, -0.2) is 99.1 Å². The number of piperidine rings is 1. The molecule has 0 aliphatic carbocycles. The van der Waals surface area contributed by atoms with Crippen LogP contribution in [-0.2, 0) is 4.74 Å². The Morgan fingerprint density at radius 1 is 1.04 bits per heavy atom. The average molecular weight is 619 g/mol. The van der Waals surface area contributed by atoms with Gasteiger partial charge < -0.3 is 36.1 Å². The number of anilines is 1. The van der Waals surface area contributed by atoms with Crippen molar-refractivity contribution in [3.63, 3.8) is 0 Å². The summed E-state index contributed by atoms with van der Waals surface area (Å²) in [5, 5.41) is 3.65. The summed E-state index contributed by atoms with van der Waals surface area (Å²) < 4.78 is 11.7. The van der Waals surface area contributed by atoms with E-state index in [0.717, 1.165) is 79.7 Å². The second kappa shape index (κ2) is 14.1. The van der Waals surface area contributed by atoms with E-state index >= 15 is 0 Å². The van der Waals surface area contributed by atoms with Gasteiger partial charge in [-0.25, -0.2) is 9.98 Å². The van der Waals surface area contributed by atoms with E-state index in [1.807, 2.05) is 6.20 Å². The van der Waals surface area contributed by atoms with E-state index in [-0.39, 0.29) is 12.0 Å². The van der Waals surface area contributed by atoms with E-state index in [2.05, 4.69) is 64.1 Å². The molecule has 10 heteroatoms. The molecular formula is C35H54N8O2. The van der Waals surface area contributed by atoms with E-state index < -0.39 is 0 Å². The minimum absolute atomic E-state index is 0.102. The van der Waals surface area contributed by atoms with Gasteiger partial charge >= 0.3 is 0 Å². The zero-order valence-electron chi connectivity index (χ0n) is 27.8. The number of nitrogens with zero attached hydrogens (tertiary/aromatic N) is 5. The number of rotatable bonds is 9. The highest BCUT2D eigenvalue weighted by Crippen LogP contribution is 2.42. The van der Waals surface area contributed by atoms with Crippen molar-refractivity contribution in [2.75, 3.05) is 58.5 Å². The highest BCUT2D eigenvalue weighted by Gasteiger charge is 2.43. The Bertz CT molecular complexity index is 1310. The first kappa shape index (κ1) is 31.9. The molecule has 0 saturated carbocycles. The lowest BCUT2D eigenvalue weighted by Crippen LogP contribution is -2.58. The highest BCUT2D eigenvalue weighted by molar-refractivity contribution is 6.32. The summed E-state index contributed by atoms with van der Waals surface area (Å²) in [6, 6.07) is 8.66. The summed E-state index contributed by atoms with van der Waals surface area (Å²) >= 11 is 0. The van der Waals surface area contributed by atoms with Gasteiger partial charge in [0, 0.05) is 62.2 Å². The maximum absolute atomic E-state index is 6.57. The van der Waals surface area contributed by atoms with Crippen LogP contribution in [0.15, 0.2) is 45.9 Å². The Kier molecular flexibility index (Phi) is 10.0. The van der Waals surface area contributed by atoms with Gasteiger partial charge in [-0.1, -0.05) is 19.9 Å². The predicted molar refractivity (Wildman–Crippen MR) is 184 cm³/mol. The van der Waals surface area contributed by atoms with Gasteiger partial charge in [-0.05, 0) is 89.2 Å². The molecule has 1 aromatic carbocycles. The Hall–Kier alpha value is -3.08. The molecule has 2 bridgehead atoms. The molecule has 0 spiro atoms. The lowest BCUT2D eigenvalue weighted by Gasteiger charge is -2.47. The maximum Gasteiger partial charge on any atom is 0.145 e. The van der Waals surface area contributed by atoms with E-state index in [4.69, 9.17) is 25.9 Å². The molecule has 0 radical (unpaired) electrons. The first-order valence-corrected chi connectivity index (χ1v) is 17.2. The van der Waals surface area contributed by atoms with Crippen molar-refractivity contribution < 1.29 is 9.47 Å². The molecule has 0 aromatic heterocycles. The first-order valence-electron chi connectivity index (χ1n) is 17.2. The monoisotopic (exact) mass is 618 g/mol. The van der Waals surface area contributed by atoms with E-state index in [9.17, 15) is 0 Å². The molecule has 5 heterocycles. The SMILES string of the molecule is CC/C(N)=C(/N=C1C(c2ccc(N3C4CCC3CN(C3CCN(C)CC3)C4)c(OC)c2)=CN=C(N)C1CC)NC1CCOCC1. The minimum Gasteiger partial charge on any atom is -0.495 e. The number of methoxy groups -OCH3 is 1. The average Bonchev–Trinajstić information content (AvgIpc) is 3.32. The van der Waals surface area contributed by atoms with Crippen molar-refractivity contribution in [2.45, 2.75) is 89.4 Å². The van der Waals surface area contributed by atoms with Gasteiger partial charge in [0.25, 0.3) is 0 Å². The Labute approximate surface area is 269 Å². The molecule has 10 nitrogen and oxygen atoms in total. The molecule has 4 fully saturated rings. The number of hydrogen-bond donors (Lipinski definition) is 3. The van der Waals surface area contributed by atoms with Gasteiger partial charge in [0.05, 0.1) is 30.1 Å². The van der Waals surface area contributed by atoms with Crippen LogP contribution < -0.4 is 26.4 Å². The normalized spacial score (nSPS) is 28.6. The molecule has 5 N–H and O–H groups in total. The van der Waals surface area contributed by atoms with Crippen molar-refractivity contribution >= 4 is 22.8 Å². The molecule has 3 unspecified atom stereocenters. The number of likely N-dealkylation sites (tertiary alicyclic amines) is 2. The zero-order chi connectivity index (χ0) is 31.5. The number of nitrogens with two attached hydrogens (primary N) is 2. The molecule has 246 valence electrons. The molecule has 45 heavy (non-hydrogen) atoms. The number of nitrogens with one attached hydrogen (secondary N) is 1. The largest absolute Gasteiger partial charge is 0.495 e. The Morgan fingerprint density at radius 3 is 2.40 bits per heavy atom. The van der Waals surface area contributed by atoms with Crippen molar-refractivity contribution in [3.8, 4) is 5.75 Å². The van der Waals surface area contributed by atoms with Crippen molar-refractivity contribution in [1.82, 2.24) is 15.1 Å². The molecule has 1 aromatic rings. The van der Waals surface area contributed by atoms with Crippen LogP contribution in [0.5, 0.6) is 5.75 Å². The third-order valence-corrected chi connectivity index (χ3v) is 10.7. The number of ether oxygens (including phenoxy) is 2. The van der Waals surface area contributed by atoms with Crippen molar-refractivity contribution in [3.05, 3.63) is 41.5 Å². The highest BCUT2D eigenvalue weighted by atomic mass is 16.5. The van der Waals surface area contributed by atoms with E-state index in [1.165, 1.54) is 44.5 Å². The van der Waals surface area contributed by atoms with Crippen LogP contribution in [0.25, 0.3) is 5.57 Å². The summed E-state index contributed by atoms with van der Waals surface area (Å²) in [7, 11) is 4.03. The van der Waals surface area contributed by atoms with Gasteiger partial charge in [0.1, 0.15) is 17.4 Å². The number of aliphatic imine (C=N–C) groups is 2. The summed E-state index contributed by atoms with van der Waals surface area (Å²) in [5.41, 5.74) is 17.9. The Morgan fingerprint density at radius 2 is 1.76 bits per heavy atom. The Balaban J connectivity index is 1.28. The minimum atomic E-state index is -0.102. The van der Waals surface area contributed by atoms with Crippen LogP contribution in [0, 0.1) is 5.92 Å². The number of amidine groups is 1. The smallest absolute Gasteiger partial charge is 0.145 e. The van der Waals surface area contributed by atoms with Crippen LogP contribution in [0.3, 0.4) is 0 Å². The van der Waals surface area contributed by atoms with E-state index in [0.29, 0.717) is 30.4 Å². The number of piperazine rings is 1. The number of fused-ring (bicyclic) bond motifs is 2. The van der Waals surface area contributed by atoms with Gasteiger partial charge in [-0.15, -0.1) is 0 Å². The second-order valence-electron chi connectivity index (χ2n) is 13.5. The quantitative estimate of drug-likeness (QED) is 0.381. The molecule has 5 aliphatic heterocycles. The van der Waals surface area contributed by atoms with Gasteiger partial charge in [0.15, 0.2) is 0 Å². The topological polar surface area (TPSA) is 117 Å². The van der Waals surface area contributed by atoms with Crippen molar-refractivity contribution in [1.29, 1.82) is 0 Å². The number of hydrogen-bond acceptors (Lipinski definition) is 10. The lowest BCUT2D eigenvalue weighted by atomic mass is 9.87. The number of benzene rings is 1. The van der Waals surface area contributed by atoms with Crippen LogP contribution >= 0.6 is 0 Å². The lowest BCUT2D eigenvalue weighted by molar-refractivity contribution is 0.0802. The predicted octanol–water partition coefficient (Wildman–Crippen LogP) is 3.93. The van der Waals surface area contributed by atoms with Crippen molar-refractivity contribution in [2.24, 2.45) is 27.4 Å². The fourth-order valence-corrected chi connectivity index (χ4v) is 7.95. The number of allylic oxidation sites excluding steroid dienone is 2. The summed E-state index contributed by atoms with van der Waals surface area (Å²) in [4.78, 5) is 17.8. The first-order chi connectivity index (χ1) is 21.9. The molecule has 3 atom stereocenters. The van der Waals surface area contributed by atoms with Gasteiger partial charge in [-0.2, -0.15) is 0 Å². The summed E-state index contributed by atoms with van der Waals surface area (Å²) in [6.45, 7) is 10.4. The second-order valence-corrected chi connectivity index (χ2v) is 13.5. The van der Waals surface area contributed by atoms with Crippen LogP contribution in [0.4, 0.5) is 5.69 Å². The van der Waals surface area contributed by atoms with Gasteiger partial charge in [0.2, 0.25) is 0 Å². The standard InChI is InChI=1S/C35H54N8O2/c1-5-28-33(40-35(30(36)6-2)39-24-13-17-45-18-14-24)29(20-38-34(28)37)23-7-10-31(32(19-23)44-4)43-26-8-9-27(43)22-42(21-26)25-11-15-41(3)16-12-25/h7,10,19-20,24-28,39H,5-6,8-9,11-18,21-22,36H2,1-4H3,(H2,37,38)/b35-30-,40-33?. The van der Waals surface area contributed by atoms with Crippen LogP contribution in [0.2, 0.25) is 0 Å². The molecule has 6 rings (SSSR count). The van der Waals surface area contributed by atoms with Gasteiger partial charge in [-0.3, -0.25) is 4.90 Å². The third-order valence-electron chi connectivity index (χ3n) is 10.7. The molecular weight excluding hydrogens is 564 g/mol. The molecule has 0 amide bonds. The fourth-order valence-electron chi connectivity index (χ4n) is 7.95. The molecule has 5 aliphatic rings. The summed E-state index contributed by atoms with van der Waals surface area (Å²) in [5.74, 6) is 2.12. The maximum atomic E-state index is 6.57. The van der Waals surface area contributed by atoms with Crippen LogP contribution in [0.1, 0.15) is 70.8 Å². The summed E-state index contributed by atoms with van der Waals surface area (Å²) in [6.07, 6.45) is 10.3. The van der Waals surface area contributed by atoms with E-state index in [1.54, 1.807) is 7.11 Å². The third kappa shape index (κ3) is 6.74. The molecule has 4 saturated heterocycles.